The van der Waals surface area contributed by atoms with E-state index in [4.69, 9.17) is 0 Å². The first-order chi connectivity index (χ1) is 14.0. The van der Waals surface area contributed by atoms with Crippen LogP contribution in [-0.2, 0) is 11.3 Å². The summed E-state index contributed by atoms with van der Waals surface area (Å²) in [6.45, 7) is 2.09. The fraction of sp³-hybridized carbons (Fsp3) is 0.450. The van der Waals surface area contributed by atoms with Crippen LogP contribution >= 0.6 is 0 Å². The van der Waals surface area contributed by atoms with Gasteiger partial charge in [0.2, 0.25) is 5.91 Å². The molecule has 1 aromatic carbocycles. The van der Waals surface area contributed by atoms with Gasteiger partial charge >= 0.3 is 6.03 Å². The van der Waals surface area contributed by atoms with Gasteiger partial charge in [0.05, 0.1) is 11.6 Å². The normalized spacial score (nSPS) is 23.8. The van der Waals surface area contributed by atoms with Crippen LogP contribution in [0.2, 0.25) is 0 Å². The number of nitrogens with zero attached hydrogens (tertiary/aromatic N) is 2. The molecule has 1 saturated carbocycles. The summed E-state index contributed by atoms with van der Waals surface area (Å²) in [6, 6.07) is 7.39. The molecule has 3 atom stereocenters. The zero-order valence-corrected chi connectivity index (χ0v) is 16.2. The molecule has 2 heterocycles. The lowest BCUT2D eigenvalue weighted by molar-refractivity contribution is -0.132. The third-order valence-electron chi connectivity index (χ3n) is 5.46. The number of aromatic nitrogens is 2. The minimum Gasteiger partial charge on any atom is -0.334 e. The monoisotopic (exact) mass is 400 g/mol. The molecule has 0 radical (unpaired) electrons. The molecule has 154 valence electrons. The Morgan fingerprint density at radius 2 is 2.03 bits per heavy atom. The number of fused-ring (bicyclic) bond motifs is 1. The number of nitrogens with one attached hydrogen (secondary N) is 4. The molecule has 8 nitrogen and oxygen atoms in total. The van der Waals surface area contributed by atoms with Crippen LogP contribution in [0.25, 0.3) is 0 Å². The highest BCUT2D eigenvalue weighted by Crippen LogP contribution is 2.29. The van der Waals surface area contributed by atoms with E-state index in [1.165, 1.54) is 12.1 Å². The van der Waals surface area contributed by atoms with Crippen molar-refractivity contribution in [2.24, 2.45) is 5.92 Å². The van der Waals surface area contributed by atoms with Gasteiger partial charge in [0.25, 0.3) is 0 Å². The van der Waals surface area contributed by atoms with Crippen LogP contribution in [0.15, 0.2) is 30.3 Å². The first-order valence-electron chi connectivity index (χ1n) is 9.91. The summed E-state index contributed by atoms with van der Waals surface area (Å²) in [5.74, 6) is 0.177. The van der Waals surface area contributed by atoms with Crippen molar-refractivity contribution in [3.05, 3.63) is 47.4 Å². The van der Waals surface area contributed by atoms with Crippen LogP contribution in [0, 0.1) is 18.7 Å². The lowest BCUT2D eigenvalue weighted by Crippen LogP contribution is -2.59. The zero-order chi connectivity index (χ0) is 20.4. The number of hydrogen-bond donors (Lipinski definition) is 4. The van der Waals surface area contributed by atoms with Gasteiger partial charge in [-0.2, -0.15) is 5.10 Å². The smallest absolute Gasteiger partial charge is 0.320 e. The number of carbonyl (C=O) groups is 2. The van der Waals surface area contributed by atoms with Gasteiger partial charge < -0.3 is 10.6 Å². The molecule has 1 aliphatic heterocycles. The maximum absolute atomic E-state index is 13.0. The Hall–Kier alpha value is -2.94. The second-order valence-corrected chi connectivity index (χ2v) is 7.62. The van der Waals surface area contributed by atoms with Gasteiger partial charge in [0.15, 0.2) is 6.29 Å². The van der Waals surface area contributed by atoms with Crippen molar-refractivity contribution >= 4 is 17.8 Å². The van der Waals surface area contributed by atoms with Gasteiger partial charge in [-0.15, -0.1) is 0 Å². The van der Waals surface area contributed by atoms with Crippen molar-refractivity contribution in [1.82, 2.24) is 25.7 Å². The van der Waals surface area contributed by atoms with E-state index in [1.54, 1.807) is 22.9 Å². The molecule has 4 rings (SSSR count). The van der Waals surface area contributed by atoms with Crippen molar-refractivity contribution < 1.29 is 14.0 Å². The first-order valence-corrected chi connectivity index (χ1v) is 9.91. The average molecular weight is 400 g/mol. The fourth-order valence-corrected chi connectivity index (χ4v) is 4.01. The van der Waals surface area contributed by atoms with E-state index in [9.17, 15) is 14.0 Å². The van der Waals surface area contributed by atoms with Crippen LogP contribution in [-0.4, -0.2) is 27.8 Å². The van der Waals surface area contributed by atoms with Gasteiger partial charge in [0.1, 0.15) is 11.6 Å². The highest BCUT2D eigenvalue weighted by molar-refractivity contribution is 5.88. The zero-order valence-electron chi connectivity index (χ0n) is 16.2. The third kappa shape index (κ3) is 4.40. The summed E-state index contributed by atoms with van der Waals surface area (Å²) in [5.41, 5.74) is 1.51. The number of hydrogen-bond acceptors (Lipinski definition) is 4. The molecule has 2 aromatic rings. The number of halogens is 1. The molecular weight excluding hydrogens is 375 g/mol. The number of urea groups is 1. The summed E-state index contributed by atoms with van der Waals surface area (Å²) in [5, 5.41) is 16.4. The molecule has 2 fully saturated rings. The number of benzene rings is 1. The quantitative estimate of drug-likeness (QED) is 0.633. The molecule has 1 aliphatic carbocycles. The Bertz CT molecular complexity index is 897. The second kappa shape index (κ2) is 8.20. The van der Waals surface area contributed by atoms with E-state index in [1.807, 2.05) is 6.92 Å². The van der Waals surface area contributed by atoms with Crippen LogP contribution in [0.5, 0.6) is 0 Å². The third-order valence-corrected chi connectivity index (χ3v) is 5.46. The van der Waals surface area contributed by atoms with Crippen molar-refractivity contribution in [3.8, 4) is 0 Å². The number of rotatable bonds is 4. The van der Waals surface area contributed by atoms with Crippen LogP contribution in [0.4, 0.5) is 15.0 Å². The Morgan fingerprint density at radius 1 is 1.28 bits per heavy atom. The fourth-order valence-electron chi connectivity index (χ4n) is 4.01. The van der Waals surface area contributed by atoms with E-state index < -0.39 is 12.3 Å². The van der Waals surface area contributed by atoms with Crippen LogP contribution < -0.4 is 21.3 Å². The van der Waals surface area contributed by atoms with Gasteiger partial charge in [-0.3, -0.25) is 15.4 Å². The van der Waals surface area contributed by atoms with E-state index >= 15 is 0 Å². The van der Waals surface area contributed by atoms with Gasteiger partial charge in [-0.1, -0.05) is 25.0 Å². The summed E-state index contributed by atoms with van der Waals surface area (Å²) in [6.07, 6.45) is 3.51. The summed E-state index contributed by atoms with van der Waals surface area (Å²) < 4.78 is 14.6. The van der Waals surface area contributed by atoms with Crippen LogP contribution in [0.3, 0.4) is 0 Å². The van der Waals surface area contributed by atoms with Crippen molar-refractivity contribution in [1.29, 1.82) is 0 Å². The Labute approximate surface area is 168 Å². The standard InChI is InChI=1S/C20H25FN6O2/c1-12-10-17(24-20(29)22-11-13-6-8-14(21)9-7-13)27(26-12)19-23-16-5-3-2-4-15(16)18(28)25-19/h6-10,15-16,19,23H,2-5,11H2,1H3,(H,25,28)(H2,22,24,29). The molecule has 4 N–H and O–H groups in total. The van der Waals surface area contributed by atoms with E-state index in [0.29, 0.717) is 5.82 Å². The highest BCUT2D eigenvalue weighted by atomic mass is 19.1. The minimum absolute atomic E-state index is 0.00734. The van der Waals surface area contributed by atoms with Gasteiger partial charge in [0, 0.05) is 18.7 Å². The molecule has 29 heavy (non-hydrogen) atoms. The predicted molar refractivity (Wildman–Crippen MR) is 105 cm³/mol. The molecule has 3 unspecified atom stereocenters. The summed E-state index contributed by atoms with van der Waals surface area (Å²) in [4.78, 5) is 24.9. The molecule has 1 saturated heterocycles. The largest absolute Gasteiger partial charge is 0.334 e. The lowest BCUT2D eigenvalue weighted by atomic mass is 9.83. The number of carbonyl (C=O) groups excluding carboxylic acids is 2. The average Bonchev–Trinajstić information content (AvgIpc) is 3.07. The maximum Gasteiger partial charge on any atom is 0.320 e. The van der Waals surface area contributed by atoms with E-state index in [0.717, 1.165) is 36.9 Å². The van der Waals surface area contributed by atoms with Gasteiger partial charge in [-0.05, 0) is 37.5 Å². The van der Waals surface area contributed by atoms with Crippen molar-refractivity contribution in [3.63, 3.8) is 0 Å². The maximum atomic E-state index is 13.0. The SMILES string of the molecule is Cc1cc(NC(=O)NCc2ccc(F)cc2)n(C2NC(=O)C3CCCCC3N2)n1. The molecule has 9 heteroatoms. The lowest BCUT2D eigenvalue weighted by Gasteiger charge is -2.40. The van der Waals surface area contributed by atoms with Gasteiger partial charge in [-0.25, -0.2) is 13.9 Å². The van der Waals surface area contributed by atoms with Crippen molar-refractivity contribution in [2.45, 2.75) is 51.5 Å². The Morgan fingerprint density at radius 3 is 2.83 bits per heavy atom. The Kier molecular flexibility index (Phi) is 5.48. The summed E-state index contributed by atoms with van der Waals surface area (Å²) in [7, 11) is 0. The van der Waals surface area contributed by atoms with Crippen LogP contribution in [0.1, 0.15) is 43.2 Å². The van der Waals surface area contributed by atoms with Crippen molar-refractivity contribution in [2.75, 3.05) is 5.32 Å². The molecule has 2 aliphatic rings. The second-order valence-electron chi connectivity index (χ2n) is 7.62. The number of amides is 3. The topological polar surface area (TPSA) is 100 Å². The van der Waals surface area contributed by atoms with E-state index in [-0.39, 0.29) is 30.2 Å². The molecular formula is C20H25FN6O2. The van der Waals surface area contributed by atoms with E-state index in [2.05, 4.69) is 26.4 Å². The number of anilines is 1. The molecule has 3 amide bonds. The molecule has 1 aromatic heterocycles. The highest BCUT2D eigenvalue weighted by Gasteiger charge is 2.38. The first kappa shape index (κ1) is 19.4. The summed E-state index contributed by atoms with van der Waals surface area (Å²) >= 11 is 0. The predicted octanol–water partition coefficient (Wildman–Crippen LogP) is 2.39. The number of aryl methyl sites for hydroxylation is 1. The minimum atomic E-state index is -0.511. The molecule has 0 spiro atoms. The molecule has 0 bridgehead atoms. The Balaban J connectivity index is 1.42.